The topological polar surface area (TPSA) is 46.1 Å². The molecule has 0 aromatic rings. The fraction of sp³-hybridized carbons (Fsp3) is 0.900. The van der Waals surface area contributed by atoms with Crippen LogP contribution in [-0.4, -0.2) is 29.9 Å². The van der Waals surface area contributed by atoms with Crippen LogP contribution in [-0.2, 0) is 4.79 Å². The van der Waals surface area contributed by atoms with Gasteiger partial charge in [-0.3, -0.25) is 9.69 Å². The lowest BCUT2D eigenvalue weighted by molar-refractivity contribution is -0.129. The summed E-state index contributed by atoms with van der Waals surface area (Å²) in [6.45, 7) is 7.15. The van der Waals surface area contributed by atoms with E-state index in [0.29, 0.717) is 0 Å². The lowest BCUT2D eigenvalue weighted by atomic mass is 9.72. The van der Waals surface area contributed by atoms with Crippen molar-refractivity contribution in [1.82, 2.24) is 4.90 Å². The lowest BCUT2D eigenvalue weighted by Gasteiger charge is -2.34. The van der Waals surface area contributed by atoms with Crippen molar-refractivity contribution in [2.75, 3.05) is 13.6 Å². The first kappa shape index (κ1) is 10.5. The minimum absolute atomic E-state index is 0.0353. The maximum absolute atomic E-state index is 11.4. The Balaban J connectivity index is 2.95. The number of carbonyl (C=O) groups excluding carboxylic acids is 1. The number of nitrogens with two attached hydrogens (primary N) is 1. The molecule has 3 unspecified atom stereocenters. The van der Waals surface area contributed by atoms with Crippen molar-refractivity contribution < 1.29 is 4.79 Å². The molecular formula is C10H20N2O. The Morgan fingerprint density at radius 3 is 2.15 bits per heavy atom. The average Bonchev–Trinajstić information content (AvgIpc) is 2.76. The number of amides is 1. The maximum Gasteiger partial charge on any atom is 0.225 e. The number of hydrogen-bond donors (Lipinski definition) is 1. The smallest absolute Gasteiger partial charge is 0.225 e. The summed E-state index contributed by atoms with van der Waals surface area (Å²) in [5.74, 6) is -0.166. The van der Waals surface area contributed by atoms with Crippen molar-refractivity contribution in [2.45, 2.75) is 39.2 Å². The molecule has 76 valence electrons. The number of hydrogen-bond acceptors (Lipinski definition) is 2. The second kappa shape index (κ2) is 2.98. The Bertz CT molecular complexity index is 225. The quantitative estimate of drug-likeness (QED) is 0.662. The van der Waals surface area contributed by atoms with E-state index in [1.807, 2.05) is 13.8 Å². The number of carbonyl (C=O) groups is 1. The van der Waals surface area contributed by atoms with Crippen LogP contribution in [0.2, 0.25) is 0 Å². The van der Waals surface area contributed by atoms with Crippen LogP contribution in [0.1, 0.15) is 33.6 Å². The summed E-state index contributed by atoms with van der Waals surface area (Å²) in [6.07, 6.45) is 1.82. The minimum Gasteiger partial charge on any atom is -0.369 e. The SMILES string of the molecule is CCC(C)(C(N)=O)C1(CC)CN1C. The van der Waals surface area contributed by atoms with Crippen LogP contribution < -0.4 is 5.73 Å². The van der Waals surface area contributed by atoms with Gasteiger partial charge < -0.3 is 5.73 Å². The first-order chi connectivity index (χ1) is 5.94. The highest BCUT2D eigenvalue weighted by Crippen LogP contribution is 2.50. The Hall–Kier alpha value is -0.570. The number of nitrogens with zero attached hydrogens (tertiary/aromatic N) is 1. The fourth-order valence-corrected chi connectivity index (χ4v) is 2.46. The minimum atomic E-state index is -0.365. The monoisotopic (exact) mass is 184 g/mol. The summed E-state index contributed by atoms with van der Waals surface area (Å²) >= 11 is 0. The van der Waals surface area contributed by atoms with E-state index in [1.165, 1.54) is 0 Å². The molecule has 2 N–H and O–H groups in total. The van der Waals surface area contributed by atoms with E-state index in [9.17, 15) is 4.79 Å². The molecule has 0 saturated carbocycles. The second-order valence-electron chi connectivity index (χ2n) is 4.29. The molecule has 1 aliphatic rings. The molecule has 1 aliphatic heterocycles. The van der Waals surface area contributed by atoms with E-state index in [2.05, 4.69) is 18.9 Å². The number of primary amides is 1. The zero-order valence-corrected chi connectivity index (χ0v) is 9.05. The van der Waals surface area contributed by atoms with Crippen LogP contribution in [0.15, 0.2) is 0 Å². The molecule has 3 nitrogen and oxygen atoms in total. The van der Waals surface area contributed by atoms with Crippen molar-refractivity contribution in [2.24, 2.45) is 11.1 Å². The summed E-state index contributed by atoms with van der Waals surface area (Å²) in [5, 5.41) is 0. The van der Waals surface area contributed by atoms with Gasteiger partial charge in [0.25, 0.3) is 0 Å². The first-order valence-corrected chi connectivity index (χ1v) is 4.95. The molecule has 0 bridgehead atoms. The van der Waals surface area contributed by atoms with E-state index in [0.717, 1.165) is 19.4 Å². The van der Waals surface area contributed by atoms with Gasteiger partial charge in [-0.2, -0.15) is 0 Å². The standard InChI is InChI=1S/C10H20N2O/c1-5-9(3,8(11)13)10(6-2)7-12(10)4/h5-7H2,1-4H3,(H2,11,13). The van der Waals surface area contributed by atoms with Crippen LogP contribution >= 0.6 is 0 Å². The van der Waals surface area contributed by atoms with Crippen molar-refractivity contribution in [3.05, 3.63) is 0 Å². The summed E-state index contributed by atoms with van der Waals surface area (Å²) in [5.41, 5.74) is 5.15. The maximum atomic E-state index is 11.4. The molecule has 3 atom stereocenters. The van der Waals surface area contributed by atoms with Gasteiger partial charge in [0.05, 0.1) is 5.41 Å². The van der Waals surface area contributed by atoms with E-state index in [1.54, 1.807) is 0 Å². The van der Waals surface area contributed by atoms with E-state index in [4.69, 9.17) is 5.73 Å². The number of rotatable bonds is 4. The highest BCUT2D eigenvalue weighted by molar-refractivity contribution is 5.82. The van der Waals surface area contributed by atoms with Crippen LogP contribution in [0.25, 0.3) is 0 Å². The van der Waals surface area contributed by atoms with Crippen LogP contribution in [0.3, 0.4) is 0 Å². The third kappa shape index (κ3) is 1.17. The Kier molecular flexibility index (Phi) is 2.41. The van der Waals surface area contributed by atoms with Crippen molar-refractivity contribution in [3.63, 3.8) is 0 Å². The third-order valence-electron chi connectivity index (χ3n) is 3.99. The summed E-state index contributed by atoms with van der Waals surface area (Å²) in [7, 11) is 2.06. The molecule has 0 aromatic heterocycles. The van der Waals surface area contributed by atoms with E-state index < -0.39 is 0 Å². The molecule has 0 spiro atoms. The Labute approximate surface area is 80.3 Å². The predicted molar refractivity (Wildman–Crippen MR) is 53.2 cm³/mol. The molecule has 1 rings (SSSR count). The van der Waals surface area contributed by atoms with Crippen LogP contribution in [0.5, 0.6) is 0 Å². The molecular weight excluding hydrogens is 164 g/mol. The predicted octanol–water partition coefficient (Wildman–Crippen LogP) is 0.982. The zero-order valence-electron chi connectivity index (χ0n) is 9.05. The van der Waals surface area contributed by atoms with Gasteiger partial charge in [0.2, 0.25) is 5.91 Å². The van der Waals surface area contributed by atoms with Crippen LogP contribution in [0.4, 0.5) is 0 Å². The summed E-state index contributed by atoms with van der Waals surface area (Å²) in [6, 6.07) is 0. The van der Waals surface area contributed by atoms with Gasteiger partial charge in [-0.1, -0.05) is 13.8 Å². The highest BCUT2D eigenvalue weighted by atomic mass is 16.1. The van der Waals surface area contributed by atoms with Crippen LogP contribution in [0, 0.1) is 5.41 Å². The molecule has 1 amide bonds. The van der Waals surface area contributed by atoms with Crippen molar-refractivity contribution in [1.29, 1.82) is 0 Å². The Morgan fingerprint density at radius 1 is 1.62 bits per heavy atom. The van der Waals surface area contributed by atoms with Crippen molar-refractivity contribution >= 4 is 5.91 Å². The van der Waals surface area contributed by atoms with E-state index in [-0.39, 0.29) is 16.9 Å². The molecule has 3 heteroatoms. The van der Waals surface area contributed by atoms with Crippen molar-refractivity contribution in [3.8, 4) is 0 Å². The summed E-state index contributed by atoms with van der Waals surface area (Å²) in [4.78, 5) is 13.7. The molecule has 0 radical (unpaired) electrons. The molecule has 0 aromatic carbocycles. The molecule has 1 heterocycles. The number of likely N-dealkylation sites (N-methyl/N-ethyl adjacent to an activating group) is 1. The average molecular weight is 184 g/mol. The summed E-state index contributed by atoms with van der Waals surface area (Å²) < 4.78 is 0. The first-order valence-electron chi connectivity index (χ1n) is 4.95. The van der Waals surface area contributed by atoms with Gasteiger partial charge in [0.15, 0.2) is 0 Å². The highest BCUT2D eigenvalue weighted by Gasteiger charge is 2.61. The molecule has 0 aliphatic carbocycles. The van der Waals surface area contributed by atoms with Gasteiger partial charge in [0, 0.05) is 12.1 Å². The van der Waals surface area contributed by atoms with Gasteiger partial charge in [0.1, 0.15) is 0 Å². The van der Waals surface area contributed by atoms with Gasteiger partial charge in [-0.25, -0.2) is 0 Å². The third-order valence-corrected chi connectivity index (χ3v) is 3.99. The zero-order chi connectivity index (χ0) is 10.3. The second-order valence-corrected chi connectivity index (χ2v) is 4.29. The Morgan fingerprint density at radius 2 is 2.08 bits per heavy atom. The van der Waals surface area contributed by atoms with Gasteiger partial charge in [-0.15, -0.1) is 0 Å². The largest absolute Gasteiger partial charge is 0.369 e. The fourth-order valence-electron chi connectivity index (χ4n) is 2.46. The van der Waals surface area contributed by atoms with Gasteiger partial charge in [-0.05, 0) is 26.8 Å². The van der Waals surface area contributed by atoms with Gasteiger partial charge >= 0.3 is 0 Å². The normalized spacial score (nSPS) is 36.8. The lowest BCUT2D eigenvalue weighted by Crippen LogP contribution is -2.48. The molecule has 13 heavy (non-hydrogen) atoms. The molecule has 1 saturated heterocycles. The van der Waals surface area contributed by atoms with E-state index >= 15 is 0 Å². The molecule has 1 fully saturated rings.